The summed E-state index contributed by atoms with van der Waals surface area (Å²) in [4.78, 5) is 13.4. The van der Waals surface area contributed by atoms with Gasteiger partial charge in [0.05, 0.1) is 38.6 Å². The summed E-state index contributed by atoms with van der Waals surface area (Å²) < 4.78 is 34.4. The molecule has 3 heterocycles. The van der Waals surface area contributed by atoms with E-state index in [1.165, 1.54) is 199 Å². The molecule has 0 spiro atoms. The Morgan fingerprint density at radius 3 is 1.11 bits per heavy atom. The predicted octanol–water partition coefficient (Wildman–Crippen LogP) is 10.1. The van der Waals surface area contributed by atoms with E-state index in [1.807, 2.05) is 0 Å². The van der Waals surface area contributed by atoms with E-state index in [0.29, 0.717) is 12.8 Å². The number of hydrogen-bond donors (Lipinski definition) is 12. The van der Waals surface area contributed by atoms with Crippen LogP contribution in [0.15, 0.2) is 12.2 Å². The molecular formula is C70H133NO18. The van der Waals surface area contributed by atoms with E-state index in [1.54, 1.807) is 0 Å². The van der Waals surface area contributed by atoms with Crippen molar-refractivity contribution in [2.45, 2.75) is 401 Å². The molecule has 3 aliphatic rings. The van der Waals surface area contributed by atoms with E-state index in [0.717, 1.165) is 64.2 Å². The minimum absolute atomic E-state index is 0.249. The van der Waals surface area contributed by atoms with Gasteiger partial charge >= 0.3 is 0 Å². The van der Waals surface area contributed by atoms with Gasteiger partial charge in [0.15, 0.2) is 18.9 Å². The van der Waals surface area contributed by atoms with Crippen LogP contribution in [0.1, 0.15) is 296 Å². The van der Waals surface area contributed by atoms with Crippen LogP contribution in [0.25, 0.3) is 0 Å². The topological polar surface area (TPSA) is 307 Å². The molecule has 0 bridgehead atoms. The van der Waals surface area contributed by atoms with Crippen LogP contribution in [0, 0.1) is 0 Å². The van der Waals surface area contributed by atoms with Crippen molar-refractivity contribution in [2.75, 3.05) is 26.4 Å². The lowest BCUT2D eigenvalue weighted by atomic mass is 9.96. The number of ether oxygens (including phenoxy) is 6. The largest absolute Gasteiger partial charge is 0.394 e. The number of carbonyl (C=O) groups excluding carboxylic acids is 1. The number of allylic oxidation sites excluding steroid dienone is 2. The minimum Gasteiger partial charge on any atom is -0.394 e. The molecule has 3 saturated heterocycles. The predicted molar refractivity (Wildman–Crippen MR) is 347 cm³/mol. The molecule has 17 unspecified atom stereocenters. The molecule has 3 aliphatic heterocycles. The number of hydrogen-bond acceptors (Lipinski definition) is 18. The summed E-state index contributed by atoms with van der Waals surface area (Å²) in [7, 11) is 0. The van der Waals surface area contributed by atoms with Crippen molar-refractivity contribution in [2.24, 2.45) is 0 Å². The number of aliphatic hydroxyl groups is 11. The van der Waals surface area contributed by atoms with Gasteiger partial charge in [-0.3, -0.25) is 4.79 Å². The fraction of sp³-hybridized carbons (Fsp3) is 0.957. The minimum atomic E-state index is -1.97. The first-order valence-electron chi connectivity index (χ1n) is 36.4. The fourth-order valence-electron chi connectivity index (χ4n) is 12.7. The highest BCUT2D eigenvalue weighted by Crippen LogP contribution is 2.33. The van der Waals surface area contributed by atoms with Crippen molar-refractivity contribution in [1.82, 2.24) is 5.32 Å². The van der Waals surface area contributed by atoms with Crippen molar-refractivity contribution in [1.29, 1.82) is 0 Å². The lowest BCUT2D eigenvalue weighted by molar-refractivity contribution is -0.379. The molecule has 89 heavy (non-hydrogen) atoms. The van der Waals surface area contributed by atoms with Gasteiger partial charge in [-0.1, -0.05) is 264 Å². The van der Waals surface area contributed by atoms with Crippen LogP contribution in [-0.4, -0.2) is 193 Å². The van der Waals surface area contributed by atoms with Crippen LogP contribution >= 0.6 is 0 Å². The molecule has 1 amide bonds. The highest BCUT2D eigenvalue weighted by molar-refractivity contribution is 5.76. The Bertz CT molecular complexity index is 1670. The highest BCUT2D eigenvalue weighted by atomic mass is 16.8. The molecule has 0 radical (unpaired) electrons. The van der Waals surface area contributed by atoms with E-state index in [4.69, 9.17) is 28.4 Å². The number of aliphatic hydroxyl groups excluding tert-OH is 11. The van der Waals surface area contributed by atoms with E-state index in [-0.39, 0.29) is 18.9 Å². The second-order valence-corrected chi connectivity index (χ2v) is 26.4. The van der Waals surface area contributed by atoms with Crippen LogP contribution in [0.4, 0.5) is 0 Å². The SMILES string of the molecule is CCCCC/C=C\CCCCCCCC(=O)NC(COC1OC(CO)C(OC2OC(CO)C(OC3OC(CO)C(O)C(O)C3O)C(O)C2O)C(O)C1O)C(O)CCCCCCCCCCCCCCCCCCCCCCCCCCCCCCCCCC. The first-order chi connectivity index (χ1) is 43.3. The Morgan fingerprint density at radius 2 is 0.708 bits per heavy atom. The summed E-state index contributed by atoms with van der Waals surface area (Å²) in [6.07, 6.45) is 31.8. The van der Waals surface area contributed by atoms with Gasteiger partial charge in [0.1, 0.15) is 73.2 Å². The lowest BCUT2D eigenvalue weighted by Gasteiger charge is -2.48. The van der Waals surface area contributed by atoms with E-state index in [2.05, 4.69) is 31.3 Å². The lowest BCUT2D eigenvalue weighted by Crippen LogP contribution is -2.66. The zero-order chi connectivity index (χ0) is 64.7. The molecule has 0 saturated carbocycles. The molecule has 3 fully saturated rings. The van der Waals surface area contributed by atoms with E-state index in [9.17, 15) is 61.0 Å². The Labute approximate surface area is 537 Å². The molecule has 0 aliphatic carbocycles. The Hall–Kier alpha value is -1.47. The van der Waals surface area contributed by atoms with Crippen molar-refractivity contribution in [3.63, 3.8) is 0 Å². The molecule has 3 rings (SSSR count). The number of unbranched alkanes of at least 4 members (excludes halogenated alkanes) is 39. The maximum absolute atomic E-state index is 13.4. The van der Waals surface area contributed by atoms with Crippen molar-refractivity contribution in [3.8, 4) is 0 Å². The summed E-state index contributed by atoms with van der Waals surface area (Å²) in [5.41, 5.74) is 0. The Balaban J connectivity index is 1.34. The molecule has 0 aromatic heterocycles. The van der Waals surface area contributed by atoms with Gasteiger partial charge in [-0.05, 0) is 38.5 Å². The van der Waals surface area contributed by atoms with Crippen molar-refractivity contribution >= 4 is 5.91 Å². The molecule has 19 heteroatoms. The Kier molecular flexibility index (Phi) is 48.5. The van der Waals surface area contributed by atoms with Crippen molar-refractivity contribution < 1.29 is 89.4 Å². The number of amides is 1. The summed E-state index contributed by atoms with van der Waals surface area (Å²) in [6.45, 7) is 1.79. The molecule has 17 atom stereocenters. The second kappa shape index (κ2) is 52.8. The second-order valence-electron chi connectivity index (χ2n) is 26.4. The van der Waals surface area contributed by atoms with Gasteiger partial charge in [0.2, 0.25) is 5.91 Å². The summed E-state index contributed by atoms with van der Waals surface area (Å²) in [5.74, 6) is -0.249. The smallest absolute Gasteiger partial charge is 0.220 e. The normalized spacial score (nSPS) is 28.2. The zero-order valence-corrected chi connectivity index (χ0v) is 55.7. The number of nitrogens with one attached hydrogen (secondary N) is 1. The zero-order valence-electron chi connectivity index (χ0n) is 55.7. The third-order valence-electron chi connectivity index (χ3n) is 18.6. The van der Waals surface area contributed by atoms with Gasteiger partial charge in [-0.25, -0.2) is 0 Å². The van der Waals surface area contributed by atoms with E-state index >= 15 is 0 Å². The first kappa shape index (κ1) is 81.8. The fourth-order valence-corrected chi connectivity index (χ4v) is 12.7. The maximum atomic E-state index is 13.4. The van der Waals surface area contributed by atoms with Gasteiger partial charge < -0.3 is 89.9 Å². The molecule has 526 valence electrons. The van der Waals surface area contributed by atoms with Crippen LogP contribution < -0.4 is 5.32 Å². The van der Waals surface area contributed by atoms with Gasteiger partial charge in [-0.2, -0.15) is 0 Å². The standard InChI is InChI=1S/C70H133NO18/c1-3-5-7-9-11-13-15-17-18-19-20-21-22-23-24-25-26-27-28-29-30-31-32-33-34-35-36-37-39-41-43-45-47-54(75)53(71-58(76)48-46-44-42-40-38-16-14-12-10-8-6-4-2)52-84-68-64(82)61(79)66(56(50-73)86-68)89-70-65(83)62(80)67(57(51-74)87-70)88-69-63(81)60(78)59(77)55(49-72)85-69/h12,14,53-57,59-70,72-75,77-83H,3-11,13,15-52H2,1-2H3,(H,71,76)/b14-12-. The van der Waals surface area contributed by atoms with Crippen LogP contribution in [-0.2, 0) is 33.2 Å². The highest BCUT2D eigenvalue weighted by Gasteiger charge is 2.53. The molecular weight excluding hydrogens is 1140 g/mol. The van der Waals surface area contributed by atoms with Gasteiger partial charge in [-0.15, -0.1) is 0 Å². The average Bonchev–Trinajstić information content (AvgIpc) is 1.24. The molecule has 12 N–H and O–H groups in total. The number of carbonyl (C=O) groups is 1. The van der Waals surface area contributed by atoms with E-state index < -0.39 is 124 Å². The third-order valence-corrected chi connectivity index (χ3v) is 18.6. The molecule has 19 nitrogen and oxygen atoms in total. The summed E-state index contributed by atoms with van der Waals surface area (Å²) in [6, 6.07) is -0.889. The van der Waals surface area contributed by atoms with Gasteiger partial charge in [0, 0.05) is 6.42 Å². The number of rotatable bonds is 57. The average molecular weight is 1280 g/mol. The molecule has 0 aromatic rings. The first-order valence-corrected chi connectivity index (χ1v) is 36.4. The van der Waals surface area contributed by atoms with Crippen molar-refractivity contribution in [3.05, 3.63) is 12.2 Å². The summed E-state index contributed by atoms with van der Waals surface area (Å²) in [5, 5.41) is 121. The van der Waals surface area contributed by atoms with Crippen LogP contribution in [0.5, 0.6) is 0 Å². The Morgan fingerprint density at radius 1 is 0.393 bits per heavy atom. The monoisotopic (exact) mass is 1280 g/mol. The molecule has 0 aromatic carbocycles. The summed E-state index contributed by atoms with van der Waals surface area (Å²) >= 11 is 0. The third kappa shape index (κ3) is 34.7. The maximum Gasteiger partial charge on any atom is 0.220 e. The quantitative estimate of drug-likeness (QED) is 0.0199. The van der Waals surface area contributed by atoms with Crippen LogP contribution in [0.3, 0.4) is 0 Å². The van der Waals surface area contributed by atoms with Crippen LogP contribution in [0.2, 0.25) is 0 Å². The van der Waals surface area contributed by atoms with Gasteiger partial charge in [0.25, 0.3) is 0 Å².